The molecule has 146 valence electrons. The van der Waals surface area contributed by atoms with Crippen molar-refractivity contribution >= 4 is 27.6 Å². The minimum atomic E-state index is -3.60. The molecular formula is C20H24ClNO4S. The molecule has 2 aromatic rings. The Kier molecular flexibility index (Phi) is 7.27. The van der Waals surface area contributed by atoms with Crippen molar-refractivity contribution in [2.75, 3.05) is 5.75 Å². The molecule has 2 rings (SSSR count). The molecule has 7 heteroatoms. The summed E-state index contributed by atoms with van der Waals surface area (Å²) in [6.45, 7) is 5.87. The number of hydrogen-bond acceptors (Lipinski definition) is 4. The van der Waals surface area contributed by atoms with Gasteiger partial charge in [0.25, 0.3) is 5.91 Å². The normalized spacial score (nSPS) is 12.4. The van der Waals surface area contributed by atoms with E-state index in [0.717, 1.165) is 12.0 Å². The van der Waals surface area contributed by atoms with Crippen LogP contribution in [0, 0.1) is 0 Å². The Morgan fingerprint density at radius 3 is 2.41 bits per heavy atom. The first kappa shape index (κ1) is 21.3. The molecule has 0 aliphatic rings. The molecule has 0 heterocycles. The lowest BCUT2D eigenvalue weighted by Crippen LogP contribution is -2.37. The number of hydrogen-bond donors (Lipinski definition) is 0. The van der Waals surface area contributed by atoms with Crippen molar-refractivity contribution in [3.8, 4) is 5.75 Å². The van der Waals surface area contributed by atoms with Gasteiger partial charge in [-0.15, -0.1) is 0 Å². The van der Waals surface area contributed by atoms with E-state index in [-0.39, 0.29) is 23.5 Å². The zero-order valence-corrected chi connectivity index (χ0v) is 17.3. The van der Waals surface area contributed by atoms with Gasteiger partial charge in [-0.25, -0.2) is 0 Å². The van der Waals surface area contributed by atoms with Crippen LogP contribution in [-0.4, -0.2) is 31.0 Å². The Bertz CT molecular complexity index is 881. The predicted octanol–water partition coefficient (Wildman–Crippen LogP) is 4.51. The minimum absolute atomic E-state index is 0.0112. The highest BCUT2D eigenvalue weighted by molar-refractivity contribution is 7.87. The van der Waals surface area contributed by atoms with Crippen LogP contribution < -0.4 is 4.18 Å². The molecule has 1 amide bonds. The van der Waals surface area contributed by atoms with Gasteiger partial charge in [-0.1, -0.05) is 30.7 Å². The van der Waals surface area contributed by atoms with Crippen molar-refractivity contribution < 1.29 is 17.4 Å². The summed E-state index contributed by atoms with van der Waals surface area (Å²) < 4.78 is 28.4. The Morgan fingerprint density at radius 2 is 1.81 bits per heavy atom. The summed E-state index contributed by atoms with van der Waals surface area (Å²) in [5, 5.41) is 0.573. The first-order valence-corrected chi connectivity index (χ1v) is 10.8. The first-order chi connectivity index (χ1) is 12.8. The van der Waals surface area contributed by atoms with Gasteiger partial charge >= 0.3 is 10.1 Å². The molecule has 5 nitrogen and oxygen atoms in total. The lowest BCUT2D eigenvalue weighted by molar-refractivity contribution is 0.0671. The van der Waals surface area contributed by atoms with Gasteiger partial charge in [0.05, 0.1) is 5.75 Å². The van der Waals surface area contributed by atoms with E-state index in [2.05, 4.69) is 0 Å². The fraction of sp³-hybridized carbons (Fsp3) is 0.350. The molecule has 2 aromatic carbocycles. The molecule has 0 saturated heterocycles. The van der Waals surface area contributed by atoms with Gasteiger partial charge in [0.15, 0.2) is 0 Å². The SMILES string of the molecule is CC[C@@H](C)N(Cc1cccc(OS(=O)(=O)CC)c1)C(=O)c1ccc(Cl)cc1. The number of halogens is 1. The van der Waals surface area contributed by atoms with E-state index in [1.807, 2.05) is 19.9 Å². The second-order valence-electron chi connectivity index (χ2n) is 6.27. The molecule has 27 heavy (non-hydrogen) atoms. The first-order valence-electron chi connectivity index (χ1n) is 8.83. The Labute approximate surface area is 166 Å². The number of benzene rings is 2. The average Bonchev–Trinajstić information content (AvgIpc) is 2.65. The van der Waals surface area contributed by atoms with E-state index in [1.54, 1.807) is 47.4 Å². The van der Waals surface area contributed by atoms with E-state index in [1.165, 1.54) is 6.92 Å². The quantitative estimate of drug-likeness (QED) is 0.602. The Hall–Kier alpha value is -2.05. The number of amides is 1. The van der Waals surface area contributed by atoms with E-state index < -0.39 is 10.1 Å². The third-order valence-electron chi connectivity index (χ3n) is 4.30. The van der Waals surface area contributed by atoms with Crippen LogP contribution in [0.25, 0.3) is 0 Å². The van der Waals surface area contributed by atoms with Crippen molar-refractivity contribution in [3.63, 3.8) is 0 Å². The van der Waals surface area contributed by atoms with Gasteiger partial charge in [0, 0.05) is 23.2 Å². The summed E-state index contributed by atoms with van der Waals surface area (Å²) in [5.74, 6) is 0.0385. The second-order valence-corrected chi connectivity index (χ2v) is 8.57. The van der Waals surface area contributed by atoms with Crippen molar-refractivity contribution in [2.24, 2.45) is 0 Å². The molecule has 0 aromatic heterocycles. The molecule has 0 unspecified atom stereocenters. The molecule has 0 radical (unpaired) electrons. The van der Waals surface area contributed by atoms with Crippen LogP contribution in [0.15, 0.2) is 48.5 Å². The molecule has 0 aliphatic carbocycles. The second kappa shape index (κ2) is 9.24. The summed E-state index contributed by atoms with van der Waals surface area (Å²) in [6, 6.07) is 13.6. The average molecular weight is 410 g/mol. The minimum Gasteiger partial charge on any atom is -0.382 e. The monoisotopic (exact) mass is 409 g/mol. The van der Waals surface area contributed by atoms with Crippen LogP contribution >= 0.6 is 11.6 Å². The van der Waals surface area contributed by atoms with Gasteiger partial charge in [-0.3, -0.25) is 4.79 Å². The summed E-state index contributed by atoms with van der Waals surface area (Å²) in [4.78, 5) is 14.7. The van der Waals surface area contributed by atoms with E-state index >= 15 is 0 Å². The van der Waals surface area contributed by atoms with Gasteiger partial charge < -0.3 is 9.08 Å². The van der Waals surface area contributed by atoms with Crippen molar-refractivity contribution in [2.45, 2.75) is 39.8 Å². The molecule has 0 bridgehead atoms. The summed E-state index contributed by atoms with van der Waals surface area (Å²) in [6.07, 6.45) is 0.791. The highest BCUT2D eigenvalue weighted by atomic mass is 35.5. The van der Waals surface area contributed by atoms with Gasteiger partial charge in [-0.2, -0.15) is 8.42 Å². The summed E-state index contributed by atoms with van der Waals surface area (Å²) in [7, 11) is -3.60. The fourth-order valence-electron chi connectivity index (χ4n) is 2.50. The highest BCUT2D eigenvalue weighted by Gasteiger charge is 2.21. The highest BCUT2D eigenvalue weighted by Crippen LogP contribution is 2.21. The van der Waals surface area contributed by atoms with Crippen LogP contribution in [0.4, 0.5) is 0 Å². The molecule has 0 fully saturated rings. The lowest BCUT2D eigenvalue weighted by Gasteiger charge is -2.29. The summed E-state index contributed by atoms with van der Waals surface area (Å²) >= 11 is 5.91. The smallest absolute Gasteiger partial charge is 0.308 e. The maximum Gasteiger partial charge on any atom is 0.308 e. The molecule has 0 N–H and O–H groups in total. The molecular weight excluding hydrogens is 386 g/mol. The zero-order valence-electron chi connectivity index (χ0n) is 15.7. The molecule has 0 aliphatic heterocycles. The van der Waals surface area contributed by atoms with Crippen molar-refractivity contribution in [1.29, 1.82) is 0 Å². The Morgan fingerprint density at radius 1 is 1.15 bits per heavy atom. The van der Waals surface area contributed by atoms with Gasteiger partial charge in [0.2, 0.25) is 0 Å². The van der Waals surface area contributed by atoms with Gasteiger partial charge in [-0.05, 0) is 62.2 Å². The molecule has 1 atom stereocenters. The fourth-order valence-corrected chi connectivity index (χ4v) is 3.15. The van der Waals surface area contributed by atoms with Crippen LogP contribution in [-0.2, 0) is 16.7 Å². The predicted molar refractivity (Wildman–Crippen MR) is 108 cm³/mol. The third-order valence-corrected chi connectivity index (χ3v) is 5.71. The number of rotatable bonds is 8. The van der Waals surface area contributed by atoms with Crippen LogP contribution in [0.1, 0.15) is 43.1 Å². The Balaban J connectivity index is 2.26. The number of carbonyl (C=O) groups excluding carboxylic acids is 1. The van der Waals surface area contributed by atoms with Crippen LogP contribution in [0.5, 0.6) is 5.75 Å². The van der Waals surface area contributed by atoms with E-state index in [0.29, 0.717) is 17.1 Å². The maximum atomic E-state index is 13.0. The zero-order chi connectivity index (χ0) is 20.0. The third kappa shape index (κ3) is 5.97. The van der Waals surface area contributed by atoms with Crippen LogP contribution in [0.3, 0.4) is 0 Å². The van der Waals surface area contributed by atoms with Gasteiger partial charge in [0.1, 0.15) is 5.75 Å². The topological polar surface area (TPSA) is 63.7 Å². The number of carbonyl (C=O) groups is 1. The van der Waals surface area contributed by atoms with E-state index in [4.69, 9.17) is 15.8 Å². The van der Waals surface area contributed by atoms with Crippen molar-refractivity contribution in [1.82, 2.24) is 4.90 Å². The van der Waals surface area contributed by atoms with E-state index in [9.17, 15) is 13.2 Å². The van der Waals surface area contributed by atoms with Crippen LogP contribution in [0.2, 0.25) is 5.02 Å². The molecule has 0 saturated carbocycles. The number of nitrogens with zero attached hydrogens (tertiary/aromatic N) is 1. The largest absolute Gasteiger partial charge is 0.382 e. The van der Waals surface area contributed by atoms with Crippen molar-refractivity contribution in [3.05, 3.63) is 64.7 Å². The standard InChI is InChI=1S/C20H24ClNO4S/c1-4-15(3)22(20(23)17-9-11-18(21)12-10-17)14-16-7-6-8-19(13-16)26-27(24,25)5-2/h6-13,15H,4-5,14H2,1-3H3/t15-/m1/s1. The summed E-state index contributed by atoms with van der Waals surface area (Å²) in [5.41, 5.74) is 1.35. The maximum absolute atomic E-state index is 13.0. The molecule has 0 spiro atoms. The lowest BCUT2D eigenvalue weighted by atomic mass is 10.1.